The smallest absolute Gasteiger partial charge is 0.294 e. The number of hydrogen-bond acceptors (Lipinski definition) is 5. The van der Waals surface area contributed by atoms with Crippen molar-refractivity contribution < 1.29 is 4.79 Å². The zero-order valence-corrected chi connectivity index (χ0v) is 18.9. The number of hydrogen-bond donors (Lipinski definition) is 1. The van der Waals surface area contributed by atoms with Crippen LogP contribution in [0.1, 0.15) is 24.0 Å². The SMILES string of the molecule is O=C(NCc1cccnc1)[C@H]1CCCN(c2nc3ccccc3n(Cc3ccccc3)c2=O)C1. The molecule has 5 rings (SSSR count). The second-order valence-corrected chi connectivity index (χ2v) is 8.67. The number of para-hydroxylation sites is 2. The van der Waals surface area contributed by atoms with Gasteiger partial charge in [0.15, 0.2) is 5.82 Å². The van der Waals surface area contributed by atoms with Crippen LogP contribution in [0.5, 0.6) is 0 Å². The third-order valence-corrected chi connectivity index (χ3v) is 6.30. The zero-order valence-electron chi connectivity index (χ0n) is 18.9. The number of benzene rings is 2. The molecule has 1 aliphatic heterocycles. The first kappa shape index (κ1) is 21.8. The monoisotopic (exact) mass is 453 g/mol. The summed E-state index contributed by atoms with van der Waals surface area (Å²) >= 11 is 0. The second kappa shape index (κ2) is 9.87. The maximum absolute atomic E-state index is 13.6. The van der Waals surface area contributed by atoms with Crippen molar-refractivity contribution in [3.63, 3.8) is 0 Å². The molecule has 0 spiro atoms. The fourth-order valence-corrected chi connectivity index (χ4v) is 4.53. The summed E-state index contributed by atoms with van der Waals surface area (Å²) in [5.41, 5.74) is 3.47. The van der Waals surface area contributed by atoms with E-state index in [0.717, 1.165) is 35.0 Å². The van der Waals surface area contributed by atoms with Gasteiger partial charge in [-0.3, -0.25) is 19.1 Å². The topological polar surface area (TPSA) is 80.1 Å². The van der Waals surface area contributed by atoms with E-state index in [2.05, 4.69) is 10.3 Å². The van der Waals surface area contributed by atoms with Crippen molar-refractivity contribution >= 4 is 22.8 Å². The van der Waals surface area contributed by atoms with E-state index in [9.17, 15) is 9.59 Å². The minimum absolute atomic E-state index is 0.000969. The predicted octanol–water partition coefficient (Wildman–Crippen LogP) is 3.37. The van der Waals surface area contributed by atoms with Gasteiger partial charge in [-0.1, -0.05) is 48.5 Å². The zero-order chi connectivity index (χ0) is 23.3. The Labute approximate surface area is 198 Å². The number of fused-ring (bicyclic) bond motifs is 1. The molecule has 2 aromatic carbocycles. The molecule has 0 bridgehead atoms. The van der Waals surface area contributed by atoms with Crippen LogP contribution in [-0.2, 0) is 17.9 Å². The Morgan fingerprint density at radius 3 is 2.62 bits per heavy atom. The Bertz CT molecular complexity index is 1340. The molecule has 0 unspecified atom stereocenters. The van der Waals surface area contributed by atoms with Gasteiger partial charge in [-0.15, -0.1) is 0 Å². The van der Waals surface area contributed by atoms with Crippen LogP contribution >= 0.6 is 0 Å². The van der Waals surface area contributed by atoms with Crippen molar-refractivity contribution in [1.82, 2.24) is 19.9 Å². The van der Waals surface area contributed by atoms with Gasteiger partial charge in [-0.25, -0.2) is 4.98 Å². The highest BCUT2D eigenvalue weighted by atomic mass is 16.2. The summed E-state index contributed by atoms with van der Waals surface area (Å²) in [5.74, 6) is 0.221. The van der Waals surface area contributed by atoms with Gasteiger partial charge in [-0.2, -0.15) is 0 Å². The number of pyridine rings is 1. The lowest BCUT2D eigenvalue weighted by molar-refractivity contribution is -0.125. The minimum Gasteiger partial charge on any atom is -0.352 e. The number of carbonyl (C=O) groups is 1. The molecule has 2 aromatic heterocycles. The van der Waals surface area contributed by atoms with Crippen LogP contribution in [0.15, 0.2) is 83.9 Å². The van der Waals surface area contributed by atoms with Gasteiger partial charge in [0, 0.05) is 32.0 Å². The first-order chi connectivity index (χ1) is 16.7. The Balaban J connectivity index is 1.40. The fourth-order valence-electron chi connectivity index (χ4n) is 4.53. The van der Waals surface area contributed by atoms with Crippen molar-refractivity contribution in [1.29, 1.82) is 0 Å². The van der Waals surface area contributed by atoms with E-state index in [1.807, 2.05) is 71.6 Å². The summed E-state index contributed by atoms with van der Waals surface area (Å²) < 4.78 is 1.79. The van der Waals surface area contributed by atoms with Crippen LogP contribution in [0, 0.1) is 5.92 Å². The van der Waals surface area contributed by atoms with Crippen molar-refractivity contribution in [3.8, 4) is 0 Å². The summed E-state index contributed by atoms with van der Waals surface area (Å²) in [5, 5.41) is 3.02. The van der Waals surface area contributed by atoms with E-state index < -0.39 is 0 Å². The highest BCUT2D eigenvalue weighted by Gasteiger charge is 2.28. The Hall–Kier alpha value is -4.00. The van der Waals surface area contributed by atoms with Gasteiger partial charge >= 0.3 is 0 Å². The molecule has 172 valence electrons. The second-order valence-electron chi connectivity index (χ2n) is 8.67. The van der Waals surface area contributed by atoms with Crippen LogP contribution in [0.3, 0.4) is 0 Å². The number of nitrogens with one attached hydrogen (secondary N) is 1. The number of anilines is 1. The van der Waals surface area contributed by atoms with Crippen molar-refractivity contribution in [2.45, 2.75) is 25.9 Å². The average Bonchev–Trinajstić information content (AvgIpc) is 2.90. The fraction of sp³-hybridized carbons (Fsp3) is 0.259. The molecule has 3 heterocycles. The van der Waals surface area contributed by atoms with E-state index in [1.165, 1.54) is 0 Å². The molecule has 0 radical (unpaired) electrons. The molecular formula is C27H27N5O2. The molecule has 7 nitrogen and oxygen atoms in total. The lowest BCUT2D eigenvalue weighted by atomic mass is 9.97. The molecule has 7 heteroatoms. The summed E-state index contributed by atoms with van der Waals surface area (Å²) in [6.07, 6.45) is 5.09. The lowest BCUT2D eigenvalue weighted by Gasteiger charge is -2.32. The van der Waals surface area contributed by atoms with Crippen molar-refractivity contribution in [3.05, 3.63) is 101 Å². The number of piperidine rings is 1. The standard InChI is InChI=1S/C27H27N5O2/c33-26(29-17-21-10-6-14-28-16-21)22-11-7-15-31(19-22)25-27(34)32(18-20-8-2-1-3-9-20)24-13-5-4-12-23(24)30-25/h1-6,8-10,12-14,16,22H,7,11,15,17-19H2,(H,29,33)/t22-/m0/s1. The van der Waals surface area contributed by atoms with Crippen molar-refractivity contribution in [2.24, 2.45) is 5.92 Å². The lowest BCUT2D eigenvalue weighted by Crippen LogP contribution is -2.45. The molecule has 0 aliphatic carbocycles. The quantitative estimate of drug-likeness (QED) is 0.484. The van der Waals surface area contributed by atoms with Crippen LogP contribution in [0.25, 0.3) is 11.0 Å². The molecule has 1 fully saturated rings. The van der Waals surface area contributed by atoms with Gasteiger partial charge in [0.1, 0.15) is 0 Å². The number of rotatable bonds is 6. The van der Waals surface area contributed by atoms with Crippen LogP contribution < -0.4 is 15.8 Å². The summed E-state index contributed by atoms with van der Waals surface area (Å²) in [7, 11) is 0. The minimum atomic E-state index is -0.194. The Morgan fingerprint density at radius 1 is 1.00 bits per heavy atom. The maximum Gasteiger partial charge on any atom is 0.294 e. The van der Waals surface area contributed by atoms with E-state index in [0.29, 0.717) is 32.0 Å². The molecule has 0 saturated carbocycles. The third kappa shape index (κ3) is 4.69. The first-order valence-electron chi connectivity index (χ1n) is 11.6. The van der Waals surface area contributed by atoms with Gasteiger partial charge < -0.3 is 10.2 Å². The van der Waals surface area contributed by atoms with E-state index >= 15 is 0 Å². The molecule has 1 saturated heterocycles. The summed E-state index contributed by atoms with van der Waals surface area (Å²) in [4.78, 5) is 37.3. The van der Waals surface area contributed by atoms with Crippen molar-refractivity contribution in [2.75, 3.05) is 18.0 Å². The number of carbonyl (C=O) groups excluding carboxylic acids is 1. The van der Waals surface area contributed by atoms with E-state index in [4.69, 9.17) is 4.98 Å². The summed E-state index contributed by atoms with van der Waals surface area (Å²) in [6.45, 7) is 2.10. The van der Waals surface area contributed by atoms with Crippen LogP contribution in [0.4, 0.5) is 5.82 Å². The number of aromatic nitrogens is 3. The molecule has 1 atom stereocenters. The molecule has 1 amide bonds. The van der Waals surface area contributed by atoms with Crippen LogP contribution in [-0.4, -0.2) is 33.5 Å². The normalized spacial score (nSPS) is 15.9. The first-order valence-corrected chi connectivity index (χ1v) is 11.6. The number of amides is 1. The Morgan fingerprint density at radius 2 is 1.79 bits per heavy atom. The van der Waals surface area contributed by atoms with Gasteiger partial charge in [0.2, 0.25) is 5.91 Å². The third-order valence-electron chi connectivity index (χ3n) is 6.30. The Kier molecular flexibility index (Phi) is 6.33. The number of nitrogens with zero attached hydrogens (tertiary/aromatic N) is 4. The summed E-state index contributed by atoms with van der Waals surface area (Å²) in [6, 6.07) is 21.5. The maximum atomic E-state index is 13.6. The molecule has 4 aromatic rings. The van der Waals surface area contributed by atoms with E-state index in [-0.39, 0.29) is 17.4 Å². The van der Waals surface area contributed by atoms with Gasteiger partial charge in [0.05, 0.1) is 23.5 Å². The van der Waals surface area contributed by atoms with Gasteiger partial charge in [0.25, 0.3) is 5.56 Å². The van der Waals surface area contributed by atoms with Crippen LogP contribution in [0.2, 0.25) is 0 Å². The van der Waals surface area contributed by atoms with Gasteiger partial charge in [-0.05, 0) is 42.2 Å². The molecule has 1 N–H and O–H groups in total. The average molecular weight is 454 g/mol. The predicted molar refractivity (Wildman–Crippen MR) is 133 cm³/mol. The molecule has 1 aliphatic rings. The molecule has 34 heavy (non-hydrogen) atoms. The molecular weight excluding hydrogens is 426 g/mol. The van der Waals surface area contributed by atoms with E-state index in [1.54, 1.807) is 17.0 Å². The highest BCUT2D eigenvalue weighted by Crippen LogP contribution is 2.22. The largest absolute Gasteiger partial charge is 0.352 e. The highest BCUT2D eigenvalue weighted by molar-refractivity contribution is 5.80.